The molecule has 1 atom stereocenters. The number of para-hydroxylation sites is 1. The van der Waals surface area contributed by atoms with E-state index in [0.717, 1.165) is 25.3 Å². The summed E-state index contributed by atoms with van der Waals surface area (Å²) in [5.41, 5.74) is 3.92. The minimum atomic E-state index is 0.261. The van der Waals surface area contributed by atoms with Gasteiger partial charge >= 0.3 is 0 Å². The Morgan fingerprint density at radius 1 is 0.958 bits per heavy atom. The maximum atomic E-state index is 6.04. The Morgan fingerprint density at radius 2 is 1.71 bits per heavy atom. The smallest absolute Gasteiger partial charge is 0.124 e. The third kappa shape index (κ3) is 5.68. The molecule has 0 radical (unpaired) electrons. The van der Waals surface area contributed by atoms with Crippen molar-refractivity contribution in [1.29, 1.82) is 0 Å². The van der Waals surface area contributed by atoms with Crippen molar-refractivity contribution in [3.05, 3.63) is 65.2 Å². The van der Waals surface area contributed by atoms with Crippen LogP contribution in [0.3, 0.4) is 0 Å². The van der Waals surface area contributed by atoms with Crippen molar-refractivity contribution in [2.24, 2.45) is 0 Å². The third-order valence-electron chi connectivity index (χ3n) is 4.50. The molecule has 0 amide bonds. The number of unbranched alkanes of at least 4 members (excludes halogenated alkanes) is 3. The van der Waals surface area contributed by atoms with E-state index in [9.17, 15) is 0 Å². The van der Waals surface area contributed by atoms with E-state index in [1.807, 2.05) is 0 Å². The van der Waals surface area contributed by atoms with Gasteiger partial charge in [-0.3, -0.25) is 0 Å². The average molecular weight is 325 g/mol. The summed E-state index contributed by atoms with van der Waals surface area (Å²) >= 11 is 0. The number of ether oxygens (including phenoxy) is 1. The first kappa shape index (κ1) is 18.5. The Labute approximate surface area is 147 Å². The minimum Gasteiger partial charge on any atom is -0.493 e. The van der Waals surface area contributed by atoms with Crippen molar-refractivity contribution >= 4 is 0 Å². The van der Waals surface area contributed by atoms with E-state index in [4.69, 9.17) is 4.74 Å². The van der Waals surface area contributed by atoms with Crippen molar-refractivity contribution in [2.45, 2.75) is 59.0 Å². The quantitative estimate of drug-likeness (QED) is 0.557. The lowest BCUT2D eigenvalue weighted by Crippen LogP contribution is -2.19. The van der Waals surface area contributed by atoms with E-state index in [2.05, 4.69) is 74.6 Å². The fraction of sp³-hybridized carbons (Fsp3) is 0.455. The lowest BCUT2D eigenvalue weighted by molar-refractivity contribution is 0.299. The highest BCUT2D eigenvalue weighted by atomic mass is 16.5. The third-order valence-corrected chi connectivity index (χ3v) is 4.50. The molecule has 1 N–H and O–H groups in total. The molecule has 0 aliphatic rings. The molecule has 0 aliphatic carbocycles. The van der Waals surface area contributed by atoms with Gasteiger partial charge in [0.1, 0.15) is 5.75 Å². The molecule has 0 aliphatic heterocycles. The summed E-state index contributed by atoms with van der Waals surface area (Å²) in [6.07, 6.45) is 4.93. The Morgan fingerprint density at radius 3 is 2.50 bits per heavy atom. The van der Waals surface area contributed by atoms with Gasteiger partial charge in [0, 0.05) is 18.2 Å². The predicted octanol–water partition coefficient (Wildman–Crippen LogP) is 5.80. The van der Waals surface area contributed by atoms with Gasteiger partial charge in [0.25, 0.3) is 0 Å². The van der Waals surface area contributed by atoms with Crippen LogP contribution in [0.2, 0.25) is 0 Å². The molecule has 0 fully saturated rings. The van der Waals surface area contributed by atoms with Crippen LogP contribution in [0.5, 0.6) is 5.75 Å². The summed E-state index contributed by atoms with van der Waals surface area (Å²) in [6.45, 7) is 8.28. The summed E-state index contributed by atoms with van der Waals surface area (Å²) in [7, 11) is 0. The van der Waals surface area contributed by atoms with Gasteiger partial charge in [-0.15, -0.1) is 0 Å². The zero-order valence-electron chi connectivity index (χ0n) is 15.3. The Kier molecular flexibility index (Phi) is 7.84. The summed E-state index contributed by atoms with van der Waals surface area (Å²) in [4.78, 5) is 0. The van der Waals surface area contributed by atoms with Crippen LogP contribution in [0.15, 0.2) is 48.5 Å². The van der Waals surface area contributed by atoms with Crippen LogP contribution < -0.4 is 10.1 Å². The van der Waals surface area contributed by atoms with Gasteiger partial charge in [-0.05, 0) is 37.5 Å². The Hall–Kier alpha value is -1.80. The molecule has 24 heavy (non-hydrogen) atoms. The topological polar surface area (TPSA) is 21.3 Å². The van der Waals surface area contributed by atoms with Crippen LogP contribution in [0.4, 0.5) is 0 Å². The number of hydrogen-bond acceptors (Lipinski definition) is 2. The van der Waals surface area contributed by atoms with Crippen LogP contribution >= 0.6 is 0 Å². The van der Waals surface area contributed by atoms with Crippen LogP contribution in [0.25, 0.3) is 0 Å². The summed E-state index contributed by atoms with van der Waals surface area (Å²) in [5.74, 6) is 1.01. The molecule has 0 aromatic heterocycles. The van der Waals surface area contributed by atoms with Crippen LogP contribution in [-0.2, 0) is 6.54 Å². The second-order valence-corrected chi connectivity index (χ2v) is 6.48. The normalized spacial score (nSPS) is 12.1. The number of benzene rings is 2. The van der Waals surface area contributed by atoms with E-state index in [0.29, 0.717) is 0 Å². The lowest BCUT2D eigenvalue weighted by Gasteiger charge is -2.19. The van der Waals surface area contributed by atoms with E-state index in [-0.39, 0.29) is 6.04 Å². The van der Waals surface area contributed by atoms with E-state index in [1.54, 1.807) is 0 Å². The van der Waals surface area contributed by atoms with E-state index >= 15 is 0 Å². The molecule has 2 aromatic rings. The molecule has 0 heterocycles. The second kappa shape index (κ2) is 10.1. The molecular weight excluding hydrogens is 294 g/mol. The molecular formula is C22H31NO. The van der Waals surface area contributed by atoms with Crippen molar-refractivity contribution in [1.82, 2.24) is 5.32 Å². The van der Waals surface area contributed by atoms with Gasteiger partial charge in [-0.1, -0.05) is 68.7 Å². The molecule has 0 spiro atoms. The van der Waals surface area contributed by atoms with Crippen LogP contribution in [0.1, 0.15) is 62.3 Å². The first-order valence-corrected chi connectivity index (χ1v) is 9.22. The molecule has 0 bridgehead atoms. The largest absolute Gasteiger partial charge is 0.493 e. The highest BCUT2D eigenvalue weighted by molar-refractivity contribution is 5.36. The number of nitrogens with one attached hydrogen (secondary N) is 1. The molecule has 0 saturated carbocycles. The molecule has 2 nitrogen and oxygen atoms in total. The molecule has 2 heteroatoms. The predicted molar refractivity (Wildman–Crippen MR) is 103 cm³/mol. The van der Waals surface area contributed by atoms with E-state index < -0.39 is 0 Å². The molecule has 0 saturated heterocycles. The Bertz CT molecular complexity index is 608. The first-order valence-electron chi connectivity index (χ1n) is 9.22. The fourth-order valence-electron chi connectivity index (χ4n) is 2.86. The number of aryl methyl sites for hydroxylation is 1. The molecule has 2 aromatic carbocycles. The van der Waals surface area contributed by atoms with E-state index in [1.165, 1.54) is 36.0 Å². The highest BCUT2D eigenvalue weighted by Crippen LogP contribution is 2.25. The zero-order valence-corrected chi connectivity index (χ0v) is 15.3. The van der Waals surface area contributed by atoms with Gasteiger partial charge in [0.15, 0.2) is 0 Å². The second-order valence-electron chi connectivity index (χ2n) is 6.48. The molecule has 1 unspecified atom stereocenters. The first-order chi connectivity index (χ1) is 11.7. The monoisotopic (exact) mass is 325 g/mol. The maximum absolute atomic E-state index is 6.04. The van der Waals surface area contributed by atoms with Crippen LogP contribution in [0, 0.1) is 6.92 Å². The number of rotatable bonds is 10. The average Bonchev–Trinajstić information content (AvgIpc) is 2.61. The van der Waals surface area contributed by atoms with Crippen molar-refractivity contribution < 1.29 is 4.74 Å². The van der Waals surface area contributed by atoms with Gasteiger partial charge in [-0.2, -0.15) is 0 Å². The Balaban J connectivity index is 1.91. The zero-order chi connectivity index (χ0) is 17.2. The molecule has 2 rings (SSSR count). The maximum Gasteiger partial charge on any atom is 0.124 e. The summed E-state index contributed by atoms with van der Waals surface area (Å²) in [6, 6.07) is 17.2. The SMILES string of the molecule is CCCCCCOc1ccccc1C(C)NCc1ccccc1C. The number of hydrogen-bond donors (Lipinski definition) is 1. The van der Waals surface area contributed by atoms with Crippen molar-refractivity contribution in [2.75, 3.05) is 6.61 Å². The van der Waals surface area contributed by atoms with Crippen LogP contribution in [-0.4, -0.2) is 6.61 Å². The van der Waals surface area contributed by atoms with Crippen molar-refractivity contribution in [3.8, 4) is 5.75 Å². The fourth-order valence-corrected chi connectivity index (χ4v) is 2.86. The highest BCUT2D eigenvalue weighted by Gasteiger charge is 2.11. The van der Waals surface area contributed by atoms with Gasteiger partial charge in [-0.25, -0.2) is 0 Å². The summed E-state index contributed by atoms with van der Waals surface area (Å²) in [5, 5.41) is 3.63. The van der Waals surface area contributed by atoms with Gasteiger partial charge < -0.3 is 10.1 Å². The standard InChI is InChI=1S/C22H31NO/c1-4-5-6-11-16-24-22-15-10-9-14-21(22)19(3)23-17-20-13-8-7-12-18(20)2/h7-10,12-15,19,23H,4-6,11,16-17H2,1-3H3. The molecule has 130 valence electrons. The minimum absolute atomic E-state index is 0.261. The lowest BCUT2D eigenvalue weighted by atomic mass is 10.1. The van der Waals surface area contributed by atoms with Gasteiger partial charge in [0.05, 0.1) is 6.61 Å². The van der Waals surface area contributed by atoms with Crippen molar-refractivity contribution in [3.63, 3.8) is 0 Å². The van der Waals surface area contributed by atoms with Gasteiger partial charge in [0.2, 0.25) is 0 Å². The summed E-state index contributed by atoms with van der Waals surface area (Å²) < 4.78 is 6.04.